The molecule has 0 aromatic heterocycles. The van der Waals surface area contributed by atoms with E-state index < -0.39 is 0 Å². The van der Waals surface area contributed by atoms with Crippen molar-refractivity contribution in [3.05, 3.63) is 0 Å². The maximum Gasteiger partial charge on any atom is 0.0125 e. The van der Waals surface area contributed by atoms with Crippen LogP contribution in [0.25, 0.3) is 0 Å². The van der Waals surface area contributed by atoms with Crippen molar-refractivity contribution in [3.8, 4) is 0 Å². The Kier molecular flexibility index (Phi) is 2.04. The van der Waals surface area contributed by atoms with Crippen molar-refractivity contribution in [1.29, 1.82) is 0 Å². The third kappa shape index (κ3) is 2.82. The molecular weight excluding hydrogens is 134 g/mol. The number of hydrogen-bond acceptors (Lipinski definition) is 1. The highest BCUT2D eigenvalue weighted by molar-refractivity contribution is 5.01. The molecule has 0 spiro atoms. The first-order valence-electron chi connectivity index (χ1n) is 4.55. The third-order valence-electron chi connectivity index (χ3n) is 2.39. The van der Waals surface area contributed by atoms with Crippen LogP contribution in [0.4, 0.5) is 0 Å². The fraction of sp³-hybridized carbons (Fsp3) is 1.00. The van der Waals surface area contributed by atoms with Crippen molar-refractivity contribution in [2.45, 2.75) is 47.1 Å². The molecule has 1 N–H and O–H groups in total. The van der Waals surface area contributed by atoms with E-state index in [1.54, 1.807) is 0 Å². The monoisotopic (exact) mass is 155 g/mol. The largest absolute Gasteiger partial charge is 0.313 e. The first-order valence-corrected chi connectivity index (χ1v) is 4.55. The van der Waals surface area contributed by atoms with Gasteiger partial charge in [-0.25, -0.2) is 0 Å². The second-order valence-electron chi connectivity index (χ2n) is 5.69. The predicted octanol–water partition coefficient (Wildman–Crippen LogP) is 2.42. The summed E-state index contributed by atoms with van der Waals surface area (Å²) in [5, 5.41) is 3.59. The molecule has 1 atom stereocenters. The van der Waals surface area contributed by atoms with Gasteiger partial charge in [0, 0.05) is 12.6 Å². The van der Waals surface area contributed by atoms with Crippen LogP contribution in [0.2, 0.25) is 0 Å². The van der Waals surface area contributed by atoms with E-state index in [2.05, 4.69) is 39.9 Å². The molecule has 1 heteroatoms. The van der Waals surface area contributed by atoms with E-state index in [4.69, 9.17) is 0 Å². The molecule has 1 fully saturated rings. The molecule has 1 rings (SSSR count). The highest BCUT2D eigenvalue weighted by Crippen LogP contribution is 2.44. The van der Waals surface area contributed by atoms with Crippen LogP contribution >= 0.6 is 0 Å². The Morgan fingerprint density at radius 1 is 1.36 bits per heavy atom. The molecule has 0 heterocycles. The Hall–Kier alpha value is -0.0400. The molecule has 0 aromatic carbocycles. The molecule has 0 aliphatic heterocycles. The standard InChI is InChI=1S/C10H21N/c1-9(2,3)7-11-8-6-10(8,4)5/h8,11H,6-7H2,1-5H3. The zero-order chi connectivity index (χ0) is 8.70. The summed E-state index contributed by atoms with van der Waals surface area (Å²) in [5.41, 5.74) is 1.00. The lowest BCUT2D eigenvalue weighted by Crippen LogP contribution is -2.30. The summed E-state index contributed by atoms with van der Waals surface area (Å²) in [6, 6.07) is 0.779. The molecule has 1 unspecified atom stereocenters. The summed E-state index contributed by atoms with van der Waals surface area (Å²) in [6.07, 6.45) is 1.35. The maximum atomic E-state index is 3.59. The summed E-state index contributed by atoms with van der Waals surface area (Å²) in [6.45, 7) is 12.6. The minimum absolute atomic E-state index is 0.429. The molecule has 0 saturated heterocycles. The van der Waals surface area contributed by atoms with E-state index in [-0.39, 0.29) is 0 Å². The Balaban J connectivity index is 2.16. The zero-order valence-electron chi connectivity index (χ0n) is 8.49. The van der Waals surface area contributed by atoms with E-state index >= 15 is 0 Å². The molecule has 11 heavy (non-hydrogen) atoms. The van der Waals surface area contributed by atoms with E-state index in [1.807, 2.05) is 0 Å². The van der Waals surface area contributed by atoms with E-state index in [1.165, 1.54) is 6.42 Å². The maximum absolute atomic E-state index is 3.59. The second-order valence-corrected chi connectivity index (χ2v) is 5.69. The van der Waals surface area contributed by atoms with Gasteiger partial charge in [-0.15, -0.1) is 0 Å². The molecule has 1 nitrogen and oxygen atoms in total. The van der Waals surface area contributed by atoms with Crippen LogP contribution in [0.15, 0.2) is 0 Å². The fourth-order valence-electron chi connectivity index (χ4n) is 1.25. The first-order chi connectivity index (χ1) is 4.81. The van der Waals surface area contributed by atoms with Crippen LogP contribution in [-0.4, -0.2) is 12.6 Å². The predicted molar refractivity (Wildman–Crippen MR) is 49.6 cm³/mol. The summed E-state index contributed by atoms with van der Waals surface area (Å²) < 4.78 is 0. The second kappa shape index (κ2) is 2.48. The molecule has 1 saturated carbocycles. The summed E-state index contributed by atoms with van der Waals surface area (Å²) in [4.78, 5) is 0. The molecule has 0 radical (unpaired) electrons. The van der Waals surface area contributed by atoms with Crippen molar-refractivity contribution in [2.75, 3.05) is 6.54 Å². The minimum Gasteiger partial charge on any atom is -0.313 e. The van der Waals surface area contributed by atoms with Gasteiger partial charge < -0.3 is 5.32 Å². The molecule has 0 amide bonds. The summed E-state index contributed by atoms with van der Waals surface area (Å²) >= 11 is 0. The number of rotatable bonds is 2. The van der Waals surface area contributed by atoms with Gasteiger partial charge in [0.05, 0.1) is 0 Å². The SMILES string of the molecule is CC(C)(C)CNC1CC1(C)C. The van der Waals surface area contributed by atoms with Gasteiger partial charge in [-0.3, -0.25) is 0 Å². The lowest BCUT2D eigenvalue weighted by atomic mass is 9.97. The number of nitrogens with one attached hydrogen (secondary N) is 1. The Morgan fingerprint density at radius 3 is 2.09 bits per heavy atom. The third-order valence-corrected chi connectivity index (χ3v) is 2.39. The zero-order valence-corrected chi connectivity index (χ0v) is 8.49. The Bertz CT molecular complexity index is 141. The average Bonchev–Trinajstić information content (AvgIpc) is 2.33. The molecule has 1 aliphatic rings. The lowest BCUT2D eigenvalue weighted by molar-refractivity contribution is 0.366. The van der Waals surface area contributed by atoms with Gasteiger partial charge in [0.25, 0.3) is 0 Å². The Morgan fingerprint density at radius 2 is 1.82 bits per heavy atom. The van der Waals surface area contributed by atoms with Crippen LogP contribution in [0.5, 0.6) is 0 Å². The summed E-state index contributed by atoms with van der Waals surface area (Å²) in [7, 11) is 0. The van der Waals surface area contributed by atoms with Crippen molar-refractivity contribution < 1.29 is 0 Å². The molecular formula is C10H21N. The van der Waals surface area contributed by atoms with Gasteiger partial charge in [0.1, 0.15) is 0 Å². The van der Waals surface area contributed by atoms with Gasteiger partial charge in [0.2, 0.25) is 0 Å². The number of hydrogen-bond donors (Lipinski definition) is 1. The van der Waals surface area contributed by atoms with E-state index in [9.17, 15) is 0 Å². The van der Waals surface area contributed by atoms with Gasteiger partial charge in [-0.1, -0.05) is 34.6 Å². The van der Waals surface area contributed by atoms with Crippen LogP contribution in [-0.2, 0) is 0 Å². The van der Waals surface area contributed by atoms with Crippen molar-refractivity contribution >= 4 is 0 Å². The molecule has 0 bridgehead atoms. The van der Waals surface area contributed by atoms with Crippen LogP contribution in [0.1, 0.15) is 41.0 Å². The van der Waals surface area contributed by atoms with Gasteiger partial charge in [-0.2, -0.15) is 0 Å². The van der Waals surface area contributed by atoms with Crippen LogP contribution in [0.3, 0.4) is 0 Å². The van der Waals surface area contributed by atoms with Gasteiger partial charge in [0.15, 0.2) is 0 Å². The van der Waals surface area contributed by atoms with Crippen LogP contribution < -0.4 is 5.32 Å². The lowest BCUT2D eigenvalue weighted by Gasteiger charge is -2.19. The molecule has 1 aliphatic carbocycles. The molecule has 0 aromatic rings. The van der Waals surface area contributed by atoms with Gasteiger partial charge >= 0.3 is 0 Å². The molecule has 66 valence electrons. The highest BCUT2D eigenvalue weighted by atomic mass is 15.0. The smallest absolute Gasteiger partial charge is 0.0125 e. The van der Waals surface area contributed by atoms with Crippen molar-refractivity contribution in [2.24, 2.45) is 10.8 Å². The quantitative estimate of drug-likeness (QED) is 0.645. The van der Waals surface area contributed by atoms with E-state index in [0.29, 0.717) is 10.8 Å². The normalized spacial score (nSPS) is 28.6. The fourth-order valence-corrected chi connectivity index (χ4v) is 1.25. The Labute approximate surface area is 70.6 Å². The minimum atomic E-state index is 0.429. The van der Waals surface area contributed by atoms with Gasteiger partial charge in [-0.05, 0) is 17.3 Å². The highest BCUT2D eigenvalue weighted by Gasteiger charge is 2.45. The van der Waals surface area contributed by atoms with Crippen molar-refractivity contribution in [3.63, 3.8) is 0 Å². The average molecular weight is 155 g/mol. The van der Waals surface area contributed by atoms with Crippen LogP contribution in [0, 0.1) is 10.8 Å². The van der Waals surface area contributed by atoms with E-state index in [0.717, 1.165) is 12.6 Å². The topological polar surface area (TPSA) is 12.0 Å². The summed E-state index contributed by atoms with van der Waals surface area (Å²) in [5.74, 6) is 0. The first kappa shape index (κ1) is 9.05. The van der Waals surface area contributed by atoms with Crippen molar-refractivity contribution in [1.82, 2.24) is 5.32 Å².